The number of nitrogens with zero attached hydrogens (tertiary/aromatic N) is 1. The molecule has 3 heteroatoms. The summed E-state index contributed by atoms with van der Waals surface area (Å²) in [5.41, 5.74) is 0.813. The number of benzene rings is 1. The summed E-state index contributed by atoms with van der Waals surface area (Å²) in [6.45, 7) is 10.9. The van der Waals surface area contributed by atoms with Crippen LogP contribution in [-0.2, 0) is 0 Å². The Kier molecular flexibility index (Phi) is 5.17. The van der Waals surface area contributed by atoms with E-state index in [1.165, 1.54) is 0 Å². The third-order valence-electron chi connectivity index (χ3n) is 4.94. The van der Waals surface area contributed by atoms with Gasteiger partial charge in [0.05, 0.1) is 0 Å². The normalized spacial score (nSPS) is 29.4. The van der Waals surface area contributed by atoms with Crippen LogP contribution in [0.25, 0.3) is 0 Å². The third-order valence-corrected chi connectivity index (χ3v) is 4.94. The van der Waals surface area contributed by atoms with Gasteiger partial charge in [0.1, 0.15) is 5.82 Å². The Morgan fingerprint density at radius 2 is 2.05 bits per heavy atom. The Labute approximate surface area is 122 Å². The number of rotatable bonds is 4. The van der Waals surface area contributed by atoms with E-state index in [0.29, 0.717) is 18.0 Å². The van der Waals surface area contributed by atoms with Crippen LogP contribution in [0.1, 0.15) is 45.7 Å². The molecular formula is C17H27FN2. The topological polar surface area (TPSA) is 15.3 Å². The number of nitrogens with one attached hydrogen (secondary N) is 1. The number of hydrogen-bond donors (Lipinski definition) is 1. The lowest BCUT2D eigenvalue weighted by Gasteiger charge is -2.46. The van der Waals surface area contributed by atoms with Crippen LogP contribution in [0.15, 0.2) is 24.3 Å². The summed E-state index contributed by atoms with van der Waals surface area (Å²) in [6, 6.07) is 8.33. The van der Waals surface area contributed by atoms with Crippen molar-refractivity contribution in [1.82, 2.24) is 10.2 Å². The Morgan fingerprint density at radius 1 is 1.35 bits per heavy atom. The number of hydrogen-bond acceptors (Lipinski definition) is 2. The number of piperidine rings is 1. The molecule has 0 radical (unpaired) electrons. The fourth-order valence-corrected chi connectivity index (χ4v) is 3.48. The smallest absolute Gasteiger partial charge is 0.127 e. The summed E-state index contributed by atoms with van der Waals surface area (Å²) in [5, 5.41) is 3.57. The molecule has 0 aliphatic carbocycles. The zero-order chi connectivity index (χ0) is 14.7. The van der Waals surface area contributed by atoms with Gasteiger partial charge < -0.3 is 5.32 Å². The first kappa shape index (κ1) is 15.5. The minimum absolute atomic E-state index is 0.0892. The highest BCUT2D eigenvalue weighted by Crippen LogP contribution is 2.32. The Hall–Kier alpha value is -0.930. The molecule has 4 atom stereocenters. The zero-order valence-electron chi connectivity index (χ0n) is 13.1. The van der Waals surface area contributed by atoms with Crippen molar-refractivity contribution in [3.05, 3.63) is 35.6 Å². The molecule has 0 saturated carbocycles. The molecular weight excluding hydrogens is 251 g/mol. The number of halogens is 1. The van der Waals surface area contributed by atoms with Crippen LogP contribution in [0.3, 0.4) is 0 Å². The second-order valence-electron chi connectivity index (χ2n) is 5.99. The average Bonchev–Trinajstić information content (AvgIpc) is 2.44. The Bertz CT molecular complexity index is 435. The van der Waals surface area contributed by atoms with Gasteiger partial charge in [0.25, 0.3) is 0 Å². The van der Waals surface area contributed by atoms with Gasteiger partial charge in [-0.3, -0.25) is 4.90 Å². The maximum Gasteiger partial charge on any atom is 0.127 e. The molecule has 1 aliphatic rings. The van der Waals surface area contributed by atoms with E-state index >= 15 is 0 Å². The molecule has 20 heavy (non-hydrogen) atoms. The molecule has 112 valence electrons. The summed E-state index contributed by atoms with van der Waals surface area (Å²) in [4.78, 5) is 2.44. The van der Waals surface area contributed by atoms with Crippen LogP contribution in [0.4, 0.5) is 4.39 Å². The van der Waals surface area contributed by atoms with Gasteiger partial charge in [0.2, 0.25) is 0 Å². The molecule has 1 aliphatic heterocycles. The van der Waals surface area contributed by atoms with Gasteiger partial charge in [-0.05, 0) is 38.8 Å². The van der Waals surface area contributed by atoms with Crippen LogP contribution in [0.5, 0.6) is 0 Å². The van der Waals surface area contributed by atoms with E-state index in [4.69, 9.17) is 0 Å². The van der Waals surface area contributed by atoms with Crippen molar-refractivity contribution in [2.45, 2.75) is 52.2 Å². The Balaban J connectivity index is 2.12. The monoisotopic (exact) mass is 278 g/mol. The van der Waals surface area contributed by atoms with E-state index in [1.807, 2.05) is 12.1 Å². The van der Waals surface area contributed by atoms with Gasteiger partial charge in [-0.2, -0.15) is 0 Å². The van der Waals surface area contributed by atoms with Crippen LogP contribution >= 0.6 is 0 Å². The average molecular weight is 278 g/mol. The van der Waals surface area contributed by atoms with Crippen molar-refractivity contribution >= 4 is 0 Å². The van der Waals surface area contributed by atoms with E-state index in [-0.39, 0.29) is 11.9 Å². The molecule has 0 amide bonds. The van der Waals surface area contributed by atoms with Crippen molar-refractivity contribution in [3.63, 3.8) is 0 Å². The lowest BCUT2D eigenvalue weighted by Crippen LogP contribution is -2.53. The molecule has 4 unspecified atom stereocenters. The minimum Gasteiger partial charge on any atom is -0.314 e. The molecule has 1 heterocycles. The van der Waals surface area contributed by atoms with Gasteiger partial charge in [0, 0.05) is 30.2 Å². The van der Waals surface area contributed by atoms with E-state index in [0.717, 1.165) is 25.1 Å². The molecule has 0 bridgehead atoms. The summed E-state index contributed by atoms with van der Waals surface area (Å²) in [5.74, 6) is 0.492. The maximum absolute atomic E-state index is 14.0. The largest absolute Gasteiger partial charge is 0.314 e. The highest BCUT2D eigenvalue weighted by molar-refractivity contribution is 5.21. The molecule has 2 rings (SSSR count). The summed E-state index contributed by atoms with van der Waals surface area (Å²) >= 11 is 0. The highest BCUT2D eigenvalue weighted by Gasteiger charge is 2.34. The molecule has 1 fully saturated rings. The fraction of sp³-hybridized carbons (Fsp3) is 0.647. The lowest BCUT2D eigenvalue weighted by atomic mass is 9.85. The zero-order valence-corrected chi connectivity index (χ0v) is 13.1. The van der Waals surface area contributed by atoms with Crippen molar-refractivity contribution < 1.29 is 4.39 Å². The SMILES string of the molecule is CCNC1CCN(C(C)c2ccccc2F)C(C)C1C. The quantitative estimate of drug-likeness (QED) is 0.905. The lowest BCUT2D eigenvalue weighted by molar-refractivity contribution is 0.0517. The van der Waals surface area contributed by atoms with Crippen molar-refractivity contribution in [1.29, 1.82) is 0 Å². The molecule has 0 spiro atoms. The second-order valence-corrected chi connectivity index (χ2v) is 5.99. The van der Waals surface area contributed by atoms with E-state index < -0.39 is 0 Å². The van der Waals surface area contributed by atoms with Crippen molar-refractivity contribution in [3.8, 4) is 0 Å². The van der Waals surface area contributed by atoms with Crippen LogP contribution in [0, 0.1) is 11.7 Å². The van der Waals surface area contributed by atoms with Gasteiger partial charge >= 0.3 is 0 Å². The van der Waals surface area contributed by atoms with Gasteiger partial charge in [-0.15, -0.1) is 0 Å². The summed E-state index contributed by atoms with van der Waals surface area (Å²) in [6.07, 6.45) is 1.14. The molecule has 1 aromatic carbocycles. The van der Waals surface area contributed by atoms with E-state index in [1.54, 1.807) is 12.1 Å². The number of likely N-dealkylation sites (tertiary alicyclic amines) is 1. The van der Waals surface area contributed by atoms with E-state index in [9.17, 15) is 4.39 Å². The first-order valence-electron chi connectivity index (χ1n) is 7.79. The highest BCUT2D eigenvalue weighted by atomic mass is 19.1. The van der Waals surface area contributed by atoms with Crippen LogP contribution < -0.4 is 5.32 Å². The van der Waals surface area contributed by atoms with Crippen molar-refractivity contribution in [2.24, 2.45) is 5.92 Å². The molecule has 1 N–H and O–H groups in total. The van der Waals surface area contributed by atoms with Crippen molar-refractivity contribution in [2.75, 3.05) is 13.1 Å². The van der Waals surface area contributed by atoms with Gasteiger partial charge in [-0.25, -0.2) is 4.39 Å². The summed E-state index contributed by atoms with van der Waals surface area (Å²) < 4.78 is 14.0. The van der Waals surface area contributed by atoms with Gasteiger partial charge in [-0.1, -0.05) is 32.0 Å². The minimum atomic E-state index is -0.0892. The van der Waals surface area contributed by atoms with Crippen LogP contribution in [0.2, 0.25) is 0 Å². The summed E-state index contributed by atoms with van der Waals surface area (Å²) in [7, 11) is 0. The second kappa shape index (κ2) is 6.68. The maximum atomic E-state index is 14.0. The molecule has 2 nitrogen and oxygen atoms in total. The first-order valence-corrected chi connectivity index (χ1v) is 7.79. The van der Waals surface area contributed by atoms with E-state index in [2.05, 4.69) is 37.9 Å². The predicted octanol–water partition coefficient (Wildman–Crippen LogP) is 3.60. The molecule has 1 saturated heterocycles. The molecule has 1 aromatic rings. The van der Waals surface area contributed by atoms with Crippen LogP contribution in [-0.4, -0.2) is 30.1 Å². The molecule has 0 aromatic heterocycles. The third kappa shape index (κ3) is 3.04. The predicted molar refractivity (Wildman–Crippen MR) is 82.2 cm³/mol. The van der Waals surface area contributed by atoms with Gasteiger partial charge in [0.15, 0.2) is 0 Å². The Morgan fingerprint density at radius 3 is 2.70 bits per heavy atom. The standard InChI is InChI=1S/C17H27FN2/c1-5-19-17-10-11-20(13(3)12(17)2)14(4)15-8-6-7-9-16(15)18/h6-9,12-14,17,19H,5,10-11H2,1-4H3. The first-order chi connectivity index (χ1) is 9.56. The fourth-order valence-electron chi connectivity index (χ4n) is 3.48.